The molecule has 1 aromatic carbocycles. The lowest BCUT2D eigenvalue weighted by atomic mass is 10.0. The van der Waals surface area contributed by atoms with Crippen molar-refractivity contribution in [2.24, 2.45) is 0 Å². The molecule has 2 saturated heterocycles. The highest BCUT2D eigenvalue weighted by atomic mass is 16.3. The van der Waals surface area contributed by atoms with Crippen LogP contribution in [0.15, 0.2) is 24.3 Å². The molecule has 2 heterocycles. The maximum Gasteiger partial charge on any atom is 0.239 e. The number of hydrogen-bond donors (Lipinski definition) is 2. The molecule has 2 aliphatic heterocycles. The van der Waals surface area contributed by atoms with Crippen LogP contribution in [0.4, 0.5) is 0 Å². The van der Waals surface area contributed by atoms with Crippen molar-refractivity contribution in [3.8, 4) is 5.75 Å². The number of para-hydroxylation sites is 1. The van der Waals surface area contributed by atoms with E-state index in [1.165, 1.54) is 0 Å². The highest BCUT2D eigenvalue weighted by Gasteiger charge is 2.35. The third kappa shape index (κ3) is 3.70. The smallest absolute Gasteiger partial charge is 0.239 e. The Hall–Kier alpha value is -2.08. The van der Waals surface area contributed by atoms with Crippen LogP contribution in [0.3, 0.4) is 0 Å². The number of hydrogen-bond acceptors (Lipinski definition) is 4. The molecule has 0 bridgehead atoms. The number of likely N-dealkylation sites (N-methyl/N-ethyl adjacent to an activating group) is 1. The van der Waals surface area contributed by atoms with Crippen molar-refractivity contribution >= 4 is 11.8 Å². The molecule has 6 heteroatoms. The molecule has 0 saturated carbocycles. The van der Waals surface area contributed by atoms with Gasteiger partial charge in [-0.25, -0.2) is 0 Å². The summed E-state index contributed by atoms with van der Waals surface area (Å²) in [5.74, 6) is 0.315. The molecule has 1 unspecified atom stereocenters. The van der Waals surface area contributed by atoms with Gasteiger partial charge in [0, 0.05) is 38.3 Å². The van der Waals surface area contributed by atoms with E-state index in [-0.39, 0.29) is 36.1 Å². The van der Waals surface area contributed by atoms with Gasteiger partial charge < -0.3 is 15.3 Å². The zero-order valence-corrected chi connectivity index (χ0v) is 14.1. The lowest BCUT2D eigenvalue weighted by molar-refractivity contribution is -0.131. The van der Waals surface area contributed by atoms with Gasteiger partial charge in [0.25, 0.3) is 0 Å². The van der Waals surface area contributed by atoms with Crippen LogP contribution in [0.2, 0.25) is 0 Å². The molecule has 0 aromatic heterocycles. The van der Waals surface area contributed by atoms with Crippen molar-refractivity contribution in [2.75, 3.05) is 26.7 Å². The molecular weight excluding hydrogens is 306 g/mol. The predicted molar refractivity (Wildman–Crippen MR) is 90.6 cm³/mol. The van der Waals surface area contributed by atoms with Gasteiger partial charge in [-0.2, -0.15) is 0 Å². The van der Waals surface area contributed by atoms with Crippen molar-refractivity contribution in [1.29, 1.82) is 0 Å². The van der Waals surface area contributed by atoms with Crippen molar-refractivity contribution in [1.82, 2.24) is 15.1 Å². The van der Waals surface area contributed by atoms with E-state index >= 15 is 0 Å². The highest BCUT2D eigenvalue weighted by Crippen LogP contribution is 2.21. The van der Waals surface area contributed by atoms with Crippen molar-refractivity contribution in [2.45, 2.75) is 37.8 Å². The molecule has 6 nitrogen and oxygen atoms in total. The molecular formula is C18H25N3O3. The van der Waals surface area contributed by atoms with E-state index in [2.05, 4.69) is 10.2 Å². The number of nitrogens with one attached hydrogen (secondary N) is 1. The zero-order valence-electron chi connectivity index (χ0n) is 14.1. The van der Waals surface area contributed by atoms with Gasteiger partial charge in [-0.05, 0) is 25.3 Å². The van der Waals surface area contributed by atoms with Gasteiger partial charge in [0.15, 0.2) is 0 Å². The largest absolute Gasteiger partial charge is 0.508 e. The van der Waals surface area contributed by atoms with Crippen LogP contribution in [0.25, 0.3) is 0 Å². The predicted octanol–water partition coefficient (Wildman–Crippen LogP) is 0.746. The molecule has 0 radical (unpaired) electrons. The molecule has 2 amide bonds. The first-order valence-electron chi connectivity index (χ1n) is 8.60. The summed E-state index contributed by atoms with van der Waals surface area (Å²) in [7, 11) is 1.86. The van der Waals surface area contributed by atoms with Crippen LogP contribution in [0, 0.1) is 0 Å². The fourth-order valence-corrected chi connectivity index (χ4v) is 3.61. The van der Waals surface area contributed by atoms with Gasteiger partial charge in [0.05, 0.1) is 12.5 Å². The Balaban J connectivity index is 1.46. The van der Waals surface area contributed by atoms with Crippen LogP contribution in [-0.2, 0) is 16.0 Å². The van der Waals surface area contributed by atoms with Crippen LogP contribution < -0.4 is 5.32 Å². The third-order valence-corrected chi connectivity index (χ3v) is 5.08. The van der Waals surface area contributed by atoms with Gasteiger partial charge in [0.1, 0.15) is 5.75 Å². The van der Waals surface area contributed by atoms with Gasteiger partial charge in [-0.1, -0.05) is 18.2 Å². The molecule has 2 N–H and O–H groups in total. The summed E-state index contributed by atoms with van der Waals surface area (Å²) >= 11 is 0. The second-order valence-corrected chi connectivity index (χ2v) is 6.75. The normalized spacial score (nSPS) is 22.8. The summed E-state index contributed by atoms with van der Waals surface area (Å²) in [6.07, 6.45) is 2.82. The lowest BCUT2D eigenvalue weighted by Gasteiger charge is -2.35. The Labute approximate surface area is 142 Å². The number of benzene rings is 1. The van der Waals surface area contributed by atoms with E-state index < -0.39 is 0 Å². The van der Waals surface area contributed by atoms with E-state index in [0.717, 1.165) is 38.9 Å². The third-order valence-electron chi connectivity index (χ3n) is 5.08. The number of aromatic hydroxyl groups is 1. The van der Waals surface area contributed by atoms with Crippen molar-refractivity contribution < 1.29 is 14.7 Å². The summed E-state index contributed by atoms with van der Waals surface area (Å²) < 4.78 is 0. The molecule has 130 valence electrons. The van der Waals surface area contributed by atoms with Gasteiger partial charge >= 0.3 is 0 Å². The minimum Gasteiger partial charge on any atom is -0.508 e. The number of rotatable bonds is 4. The molecule has 24 heavy (non-hydrogen) atoms. The fraction of sp³-hybridized carbons (Fsp3) is 0.556. The molecule has 0 aliphatic carbocycles. The Bertz CT molecular complexity index is 611. The number of carbonyl (C=O) groups excluding carboxylic acids is 2. The summed E-state index contributed by atoms with van der Waals surface area (Å²) in [6.45, 7) is 2.51. The van der Waals surface area contributed by atoms with Crippen LogP contribution >= 0.6 is 0 Å². The second-order valence-electron chi connectivity index (χ2n) is 6.75. The zero-order chi connectivity index (χ0) is 17.1. The molecule has 1 atom stereocenters. The van der Waals surface area contributed by atoms with Crippen LogP contribution in [-0.4, -0.2) is 65.5 Å². The average molecular weight is 331 g/mol. The van der Waals surface area contributed by atoms with E-state index in [9.17, 15) is 14.7 Å². The highest BCUT2D eigenvalue weighted by molar-refractivity contribution is 5.83. The van der Waals surface area contributed by atoms with Gasteiger partial charge in [0.2, 0.25) is 11.8 Å². The maximum absolute atomic E-state index is 12.2. The molecule has 1 aromatic rings. The molecule has 2 aliphatic rings. The second kappa shape index (κ2) is 7.21. The number of nitrogens with zero attached hydrogens (tertiary/aromatic N) is 2. The van der Waals surface area contributed by atoms with Gasteiger partial charge in [-0.15, -0.1) is 0 Å². The average Bonchev–Trinajstić information content (AvgIpc) is 2.90. The number of piperidine rings is 1. The Morgan fingerprint density at radius 3 is 2.54 bits per heavy atom. The Morgan fingerprint density at radius 2 is 1.92 bits per heavy atom. The Kier molecular flexibility index (Phi) is 5.04. The fourth-order valence-electron chi connectivity index (χ4n) is 3.61. The number of phenolic OH excluding ortho intramolecular Hbond substituents is 1. The SMILES string of the molecule is CN1CCC(N2CCC(NC(=O)Cc3ccccc3O)CC2)C1=O. The summed E-state index contributed by atoms with van der Waals surface area (Å²) in [4.78, 5) is 28.3. The van der Waals surface area contributed by atoms with E-state index in [1.807, 2.05) is 13.1 Å². The topological polar surface area (TPSA) is 72.9 Å². The standard InChI is InChI=1S/C18H25N3O3/c1-20-9-8-15(18(20)24)21-10-6-14(7-11-21)19-17(23)12-13-4-2-3-5-16(13)22/h2-5,14-15,22H,6-12H2,1H3,(H,19,23). The van der Waals surface area contributed by atoms with Crippen molar-refractivity contribution in [3.63, 3.8) is 0 Å². The minimum absolute atomic E-state index is 0.0212. The van der Waals surface area contributed by atoms with E-state index in [1.54, 1.807) is 23.1 Å². The quantitative estimate of drug-likeness (QED) is 0.854. The summed E-state index contributed by atoms with van der Waals surface area (Å²) in [5.41, 5.74) is 0.645. The number of amides is 2. The van der Waals surface area contributed by atoms with Crippen LogP contribution in [0.1, 0.15) is 24.8 Å². The van der Waals surface area contributed by atoms with Crippen molar-refractivity contribution in [3.05, 3.63) is 29.8 Å². The monoisotopic (exact) mass is 331 g/mol. The first-order chi connectivity index (χ1) is 11.5. The summed E-state index contributed by atoms with van der Waals surface area (Å²) in [6, 6.07) is 7.09. The molecule has 3 rings (SSSR count). The summed E-state index contributed by atoms with van der Waals surface area (Å²) in [5, 5.41) is 12.8. The molecule has 2 fully saturated rings. The number of likely N-dealkylation sites (tertiary alicyclic amines) is 2. The van der Waals surface area contributed by atoms with E-state index in [4.69, 9.17) is 0 Å². The number of carbonyl (C=O) groups is 2. The maximum atomic E-state index is 12.2. The Morgan fingerprint density at radius 1 is 1.21 bits per heavy atom. The first-order valence-corrected chi connectivity index (χ1v) is 8.60. The number of phenols is 1. The van der Waals surface area contributed by atoms with Gasteiger partial charge in [-0.3, -0.25) is 14.5 Å². The minimum atomic E-state index is -0.0633. The van der Waals surface area contributed by atoms with E-state index in [0.29, 0.717) is 5.56 Å². The molecule has 0 spiro atoms. The first kappa shape index (κ1) is 16.8. The van der Waals surface area contributed by atoms with Crippen LogP contribution in [0.5, 0.6) is 5.75 Å². The lowest BCUT2D eigenvalue weighted by Crippen LogP contribution is -2.50.